The number of pyridine rings is 1. The highest BCUT2D eigenvalue weighted by Gasteiger charge is 2.17. The van der Waals surface area contributed by atoms with Gasteiger partial charge in [-0.25, -0.2) is 4.98 Å². The van der Waals surface area contributed by atoms with Gasteiger partial charge in [-0.05, 0) is 12.1 Å². The molecule has 1 saturated heterocycles. The summed E-state index contributed by atoms with van der Waals surface area (Å²) in [5.41, 5.74) is 5.61. The van der Waals surface area contributed by atoms with E-state index in [9.17, 15) is 4.79 Å². The molecule has 0 saturated carbocycles. The van der Waals surface area contributed by atoms with Crippen molar-refractivity contribution >= 4 is 11.7 Å². The Hall–Kier alpha value is -2.06. The molecule has 18 heavy (non-hydrogen) atoms. The van der Waals surface area contributed by atoms with Gasteiger partial charge in [-0.2, -0.15) is 0 Å². The van der Waals surface area contributed by atoms with Crippen molar-refractivity contribution in [3.8, 4) is 12.3 Å². The van der Waals surface area contributed by atoms with E-state index in [1.807, 2.05) is 6.07 Å². The first-order valence-electron chi connectivity index (χ1n) is 5.87. The number of aromatic nitrogens is 1. The van der Waals surface area contributed by atoms with E-state index < -0.39 is 5.91 Å². The molecule has 2 rings (SSSR count). The van der Waals surface area contributed by atoms with Crippen LogP contribution in [0, 0.1) is 12.3 Å². The Kier molecular flexibility index (Phi) is 3.80. The van der Waals surface area contributed by atoms with Crippen LogP contribution in [0.1, 0.15) is 10.4 Å². The lowest BCUT2D eigenvalue weighted by molar-refractivity contribution is 0.1000. The van der Waals surface area contributed by atoms with Crippen LogP contribution in [-0.2, 0) is 0 Å². The largest absolute Gasteiger partial charge is 0.366 e. The molecule has 0 bridgehead atoms. The smallest absolute Gasteiger partial charge is 0.250 e. The summed E-state index contributed by atoms with van der Waals surface area (Å²) in [4.78, 5) is 19.6. The van der Waals surface area contributed by atoms with E-state index in [0.717, 1.165) is 32.0 Å². The molecule has 0 aliphatic carbocycles. The molecule has 0 atom stereocenters. The molecule has 1 fully saturated rings. The van der Waals surface area contributed by atoms with Crippen LogP contribution in [0.15, 0.2) is 18.3 Å². The van der Waals surface area contributed by atoms with E-state index in [1.54, 1.807) is 6.07 Å². The minimum absolute atomic E-state index is 0.435. The third-order valence-electron chi connectivity index (χ3n) is 3.04. The van der Waals surface area contributed by atoms with Gasteiger partial charge in [0.25, 0.3) is 0 Å². The highest BCUT2D eigenvalue weighted by atomic mass is 16.1. The fourth-order valence-corrected chi connectivity index (χ4v) is 1.98. The molecule has 0 aromatic carbocycles. The van der Waals surface area contributed by atoms with E-state index in [0.29, 0.717) is 12.1 Å². The van der Waals surface area contributed by atoms with Gasteiger partial charge < -0.3 is 10.6 Å². The van der Waals surface area contributed by atoms with Crippen LogP contribution in [0.2, 0.25) is 0 Å². The molecule has 5 nitrogen and oxygen atoms in total. The molecule has 2 heterocycles. The summed E-state index contributed by atoms with van der Waals surface area (Å²) in [5, 5.41) is 0. The van der Waals surface area contributed by atoms with Crippen LogP contribution in [0.3, 0.4) is 0 Å². The van der Waals surface area contributed by atoms with E-state index in [1.165, 1.54) is 6.20 Å². The van der Waals surface area contributed by atoms with Crippen LogP contribution >= 0.6 is 0 Å². The van der Waals surface area contributed by atoms with Gasteiger partial charge in [-0.15, -0.1) is 6.42 Å². The number of carbonyl (C=O) groups excluding carboxylic acids is 1. The van der Waals surface area contributed by atoms with Crippen molar-refractivity contribution in [3.63, 3.8) is 0 Å². The van der Waals surface area contributed by atoms with Crippen LogP contribution < -0.4 is 10.6 Å². The van der Waals surface area contributed by atoms with Crippen molar-refractivity contribution < 1.29 is 4.79 Å². The van der Waals surface area contributed by atoms with Gasteiger partial charge in [0, 0.05) is 32.4 Å². The van der Waals surface area contributed by atoms with Gasteiger partial charge in [0.2, 0.25) is 5.91 Å². The number of amides is 1. The van der Waals surface area contributed by atoms with E-state index in [-0.39, 0.29) is 0 Å². The van der Waals surface area contributed by atoms with Crippen LogP contribution in [0.5, 0.6) is 0 Å². The SMILES string of the molecule is C#CCN1CCN(c2ccc(C(N)=O)cn2)CC1. The van der Waals surface area contributed by atoms with Crippen molar-refractivity contribution in [2.75, 3.05) is 37.6 Å². The number of anilines is 1. The van der Waals surface area contributed by atoms with Crippen LogP contribution in [0.4, 0.5) is 5.82 Å². The Morgan fingerprint density at radius 1 is 1.39 bits per heavy atom. The molecule has 1 aromatic heterocycles. The van der Waals surface area contributed by atoms with Crippen molar-refractivity contribution in [3.05, 3.63) is 23.9 Å². The average Bonchev–Trinajstić information content (AvgIpc) is 2.40. The first kappa shape index (κ1) is 12.4. The quantitative estimate of drug-likeness (QED) is 0.756. The lowest BCUT2D eigenvalue weighted by atomic mass is 10.2. The number of hydrogen-bond donors (Lipinski definition) is 1. The fraction of sp³-hybridized carbons (Fsp3) is 0.385. The average molecular weight is 244 g/mol. The third-order valence-corrected chi connectivity index (χ3v) is 3.04. The van der Waals surface area contributed by atoms with Crippen LogP contribution in [0.25, 0.3) is 0 Å². The second-order valence-electron chi connectivity index (χ2n) is 4.24. The third kappa shape index (κ3) is 2.79. The predicted octanol–water partition coefficient (Wildman–Crippen LogP) is -0.0643. The van der Waals surface area contributed by atoms with Gasteiger partial charge in [-0.1, -0.05) is 5.92 Å². The first-order valence-corrected chi connectivity index (χ1v) is 5.87. The highest BCUT2D eigenvalue weighted by molar-refractivity contribution is 5.92. The fourth-order valence-electron chi connectivity index (χ4n) is 1.98. The Morgan fingerprint density at radius 3 is 2.61 bits per heavy atom. The summed E-state index contributed by atoms with van der Waals surface area (Å²) in [6, 6.07) is 3.54. The molecule has 1 amide bonds. The van der Waals surface area contributed by atoms with E-state index in [2.05, 4.69) is 20.7 Å². The van der Waals surface area contributed by atoms with E-state index in [4.69, 9.17) is 12.2 Å². The molecule has 0 unspecified atom stereocenters. The summed E-state index contributed by atoms with van der Waals surface area (Å²) < 4.78 is 0. The zero-order valence-electron chi connectivity index (χ0n) is 10.2. The van der Waals surface area contributed by atoms with Crippen molar-refractivity contribution in [2.45, 2.75) is 0 Å². The molecular formula is C13H16N4O. The zero-order chi connectivity index (χ0) is 13.0. The van der Waals surface area contributed by atoms with Crippen LogP contribution in [-0.4, -0.2) is 48.5 Å². The van der Waals surface area contributed by atoms with Gasteiger partial charge in [-0.3, -0.25) is 9.69 Å². The number of carbonyl (C=O) groups is 1. The van der Waals surface area contributed by atoms with Gasteiger partial charge in [0.15, 0.2) is 0 Å². The molecule has 2 N–H and O–H groups in total. The molecule has 0 radical (unpaired) electrons. The minimum atomic E-state index is -0.451. The Bertz CT molecular complexity index is 455. The molecule has 0 spiro atoms. The normalized spacial score (nSPS) is 16.3. The number of piperazine rings is 1. The summed E-state index contributed by atoms with van der Waals surface area (Å²) >= 11 is 0. The van der Waals surface area contributed by atoms with Gasteiger partial charge >= 0.3 is 0 Å². The Morgan fingerprint density at radius 2 is 2.11 bits per heavy atom. The molecule has 94 valence electrons. The summed E-state index contributed by atoms with van der Waals surface area (Å²) in [7, 11) is 0. The maximum absolute atomic E-state index is 10.9. The Balaban J connectivity index is 1.97. The van der Waals surface area contributed by atoms with Crippen molar-refractivity contribution in [2.24, 2.45) is 5.73 Å². The molecule has 5 heteroatoms. The number of hydrogen-bond acceptors (Lipinski definition) is 4. The number of terminal acetylenes is 1. The summed E-state index contributed by atoms with van der Waals surface area (Å²) in [6.07, 6.45) is 6.81. The number of primary amides is 1. The molecular weight excluding hydrogens is 228 g/mol. The maximum atomic E-state index is 10.9. The van der Waals surface area contributed by atoms with Crippen molar-refractivity contribution in [1.29, 1.82) is 0 Å². The van der Waals surface area contributed by atoms with E-state index >= 15 is 0 Å². The summed E-state index contributed by atoms with van der Waals surface area (Å²) in [6.45, 7) is 4.35. The number of nitrogens with zero attached hydrogens (tertiary/aromatic N) is 3. The zero-order valence-corrected chi connectivity index (χ0v) is 10.2. The Labute approximate surface area is 107 Å². The topological polar surface area (TPSA) is 62.5 Å². The second-order valence-corrected chi connectivity index (χ2v) is 4.24. The number of rotatable bonds is 3. The highest BCUT2D eigenvalue weighted by Crippen LogP contribution is 2.13. The predicted molar refractivity (Wildman–Crippen MR) is 70.2 cm³/mol. The second kappa shape index (κ2) is 5.52. The molecule has 1 aliphatic heterocycles. The molecule has 1 aromatic rings. The van der Waals surface area contributed by atoms with Gasteiger partial charge in [0.1, 0.15) is 5.82 Å². The first-order chi connectivity index (χ1) is 8.70. The van der Waals surface area contributed by atoms with Crippen molar-refractivity contribution in [1.82, 2.24) is 9.88 Å². The standard InChI is InChI=1S/C13H16N4O/c1-2-5-16-6-8-17(9-7-16)12-4-3-11(10-15-12)13(14)18/h1,3-4,10H,5-9H2,(H2,14,18). The minimum Gasteiger partial charge on any atom is -0.366 e. The summed E-state index contributed by atoms with van der Waals surface area (Å²) in [5.74, 6) is 3.08. The number of nitrogens with two attached hydrogens (primary N) is 1. The molecule has 1 aliphatic rings. The van der Waals surface area contributed by atoms with Gasteiger partial charge in [0.05, 0.1) is 12.1 Å². The maximum Gasteiger partial charge on any atom is 0.250 e. The lowest BCUT2D eigenvalue weighted by Crippen LogP contribution is -2.46. The lowest BCUT2D eigenvalue weighted by Gasteiger charge is -2.34. The monoisotopic (exact) mass is 244 g/mol.